The summed E-state index contributed by atoms with van der Waals surface area (Å²) in [4.78, 5) is 40.1. The van der Waals surface area contributed by atoms with Crippen LogP contribution < -0.4 is 10.7 Å². The average molecular weight is 478 g/mol. The van der Waals surface area contributed by atoms with Crippen molar-refractivity contribution in [1.82, 2.24) is 14.8 Å². The smallest absolute Gasteiger partial charge is 0.273 e. The number of halogens is 2. The first-order chi connectivity index (χ1) is 16.2. The maximum atomic E-state index is 13.8. The van der Waals surface area contributed by atoms with E-state index < -0.39 is 29.2 Å². The highest BCUT2D eigenvalue weighted by atomic mass is 19.1. The van der Waals surface area contributed by atoms with Gasteiger partial charge in [0.1, 0.15) is 22.9 Å². The molecule has 0 saturated carbocycles. The van der Waals surface area contributed by atoms with Gasteiger partial charge in [0.25, 0.3) is 11.8 Å². The molecule has 1 saturated heterocycles. The van der Waals surface area contributed by atoms with Gasteiger partial charge in [0.15, 0.2) is 11.7 Å². The molecule has 1 aromatic heterocycles. The van der Waals surface area contributed by atoms with Crippen LogP contribution >= 0.6 is 0 Å². The SMILES string of the molecule is CCCC.Cc1c2n(cc(C(=O)NCc3ccc(F)cc3F)c1=O)C[C@@H]1OCC[C@@H](C)N1C2=O.[HH]. The van der Waals surface area contributed by atoms with E-state index in [2.05, 4.69) is 19.2 Å². The molecule has 0 spiro atoms. The van der Waals surface area contributed by atoms with Crippen molar-refractivity contribution in [3.63, 3.8) is 0 Å². The highest BCUT2D eigenvalue weighted by molar-refractivity contribution is 5.98. The van der Waals surface area contributed by atoms with Gasteiger partial charge in [0.2, 0.25) is 0 Å². The third-order valence-corrected chi connectivity index (χ3v) is 6.13. The van der Waals surface area contributed by atoms with Gasteiger partial charge in [-0.25, -0.2) is 8.78 Å². The van der Waals surface area contributed by atoms with Gasteiger partial charge in [-0.15, -0.1) is 0 Å². The summed E-state index contributed by atoms with van der Waals surface area (Å²) in [5.41, 5.74) is -0.193. The van der Waals surface area contributed by atoms with E-state index in [0.29, 0.717) is 19.6 Å². The second-order valence-electron chi connectivity index (χ2n) is 8.59. The van der Waals surface area contributed by atoms with E-state index in [1.807, 2.05) is 6.92 Å². The van der Waals surface area contributed by atoms with Gasteiger partial charge < -0.3 is 19.5 Å². The van der Waals surface area contributed by atoms with E-state index in [-0.39, 0.29) is 42.3 Å². The van der Waals surface area contributed by atoms with Crippen molar-refractivity contribution in [1.29, 1.82) is 0 Å². The summed E-state index contributed by atoms with van der Waals surface area (Å²) in [6.07, 6.45) is 4.24. The number of nitrogens with one attached hydrogen (secondary N) is 1. The second-order valence-corrected chi connectivity index (χ2v) is 8.59. The highest BCUT2D eigenvalue weighted by Gasteiger charge is 2.40. The van der Waals surface area contributed by atoms with E-state index >= 15 is 0 Å². The van der Waals surface area contributed by atoms with Crippen molar-refractivity contribution in [2.24, 2.45) is 0 Å². The van der Waals surface area contributed by atoms with Crippen LogP contribution in [0.3, 0.4) is 0 Å². The monoisotopic (exact) mass is 477 g/mol. The summed E-state index contributed by atoms with van der Waals surface area (Å²) in [6, 6.07) is 3.03. The molecule has 0 radical (unpaired) electrons. The predicted octanol–water partition coefficient (Wildman–Crippen LogP) is 4.01. The molecule has 2 aliphatic rings. The molecule has 0 aliphatic carbocycles. The van der Waals surface area contributed by atoms with Crippen molar-refractivity contribution in [3.05, 3.63) is 68.6 Å². The number of hydrogen-bond donors (Lipinski definition) is 1. The van der Waals surface area contributed by atoms with Crippen LogP contribution in [0.4, 0.5) is 8.78 Å². The lowest BCUT2D eigenvalue weighted by molar-refractivity contribution is -0.112. The summed E-state index contributed by atoms with van der Waals surface area (Å²) < 4.78 is 34.1. The molecule has 4 rings (SSSR count). The number of rotatable bonds is 4. The Kier molecular flexibility index (Phi) is 8.19. The van der Waals surface area contributed by atoms with E-state index in [1.165, 1.54) is 32.0 Å². The molecule has 9 heteroatoms. The number of hydrogen-bond acceptors (Lipinski definition) is 4. The van der Waals surface area contributed by atoms with Crippen molar-refractivity contribution in [2.45, 2.75) is 72.3 Å². The summed E-state index contributed by atoms with van der Waals surface area (Å²) in [5, 5.41) is 2.48. The summed E-state index contributed by atoms with van der Waals surface area (Å²) in [5.74, 6) is -2.50. The molecule has 1 N–H and O–H groups in total. The number of benzene rings is 1. The zero-order valence-electron chi connectivity index (χ0n) is 20.0. The number of amides is 2. The van der Waals surface area contributed by atoms with Crippen LogP contribution in [0.25, 0.3) is 0 Å². The minimum Gasteiger partial charge on any atom is -0.356 e. The molecule has 1 aromatic carbocycles. The molecular weight excluding hydrogens is 444 g/mol. The number of nitrogens with zero attached hydrogens (tertiary/aromatic N) is 2. The standard InChI is InChI=1S/C21H21F2N3O4.C4H10.H2/c1-11-5-6-30-17-10-25-9-15(19(27)12(2)18(25)21(29)26(11)17)20(28)24-8-13-3-4-14(22)7-16(13)23;1-3-4-2;/h3-4,7,9,11,17H,5-6,8,10H2,1-2H3,(H,24,28);3-4H2,1-2H3;1H/t11-,17+;;/m1../s1. The van der Waals surface area contributed by atoms with E-state index in [9.17, 15) is 23.2 Å². The summed E-state index contributed by atoms with van der Waals surface area (Å²) in [6.45, 7) is 8.44. The molecule has 2 atom stereocenters. The molecule has 34 heavy (non-hydrogen) atoms. The Hall–Kier alpha value is -3.07. The maximum Gasteiger partial charge on any atom is 0.273 e. The molecule has 186 valence electrons. The Balaban J connectivity index is 0.000000804. The highest BCUT2D eigenvalue weighted by Crippen LogP contribution is 2.27. The maximum absolute atomic E-state index is 13.8. The lowest BCUT2D eigenvalue weighted by Crippen LogP contribution is -2.57. The van der Waals surface area contributed by atoms with Crippen LogP contribution in [0.15, 0.2) is 29.2 Å². The molecule has 7 nitrogen and oxygen atoms in total. The van der Waals surface area contributed by atoms with Gasteiger partial charge in [-0.1, -0.05) is 32.8 Å². The first-order valence-electron chi connectivity index (χ1n) is 11.6. The molecular formula is C25H33F2N3O4. The summed E-state index contributed by atoms with van der Waals surface area (Å²) >= 11 is 0. The fraction of sp³-hybridized carbons (Fsp3) is 0.480. The Bertz CT molecular complexity index is 1140. The average Bonchev–Trinajstić information content (AvgIpc) is 2.80. The van der Waals surface area contributed by atoms with Gasteiger partial charge >= 0.3 is 0 Å². The van der Waals surface area contributed by atoms with Crippen LogP contribution in [-0.4, -0.2) is 40.2 Å². The van der Waals surface area contributed by atoms with Crippen molar-refractivity contribution in [2.75, 3.05) is 6.61 Å². The molecule has 2 amide bonds. The molecule has 0 bridgehead atoms. The molecule has 0 unspecified atom stereocenters. The Morgan fingerprint density at radius 1 is 1.24 bits per heavy atom. The largest absolute Gasteiger partial charge is 0.356 e. The second kappa shape index (κ2) is 10.9. The van der Waals surface area contributed by atoms with E-state index in [0.717, 1.165) is 12.1 Å². The fourth-order valence-electron chi connectivity index (χ4n) is 3.97. The molecule has 1 fully saturated rings. The zero-order chi connectivity index (χ0) is 25.0. The van der Waals surface area contributed by atoms with Crippen molar-refractivity contribution >= 4 is 11.8 Å². The Morgan fingerprint density at radius 2 is 1.94 bits per heavy atom. The van der Waals surface area contributed by atoms with Crippen LogP contribution in [0.2, 0.25) is 0 Å². The number of aromatic nitrogens is 1. The van der Waals surface area contributed by atoms with Crippen LogP contribution in [0.5, 0.6) is 0 Å². The first-order valence-corrected chi connectivity index (χ1v) is 11.6. The lowest BCUT2D eigenvalue weighted by atomic mass is 10.0. The molecule has 2 aromatic rings. The van der Waals surface area contributed by atoms with Gasteiger partial charge in [0.05, 0.1) is 13.2 Å². The third kappa shape index (κ3) is 5.19. The van der Waals surface area contributed by atoms with E-state index in [1.54, 1.807) is 9.47 Å². The topological polar surface area (TPSA) is 80.6 Å². The number of carbonyl (C=O) groups excluding carboxylic acids is 2. The van der Waals surface area contributed by atoms with Gasteiger partial charge in [-0.05, 0) is 26.3 Å². The number of unbranched alkanes of at least 4 members (excludes halogenated alkanes) is 1. The molecule has 3 heterocycles. The quantitative estimate of drug-likeness (QED) is 0.722. The zero-order valence-corrected chi connectivity index (χ0v) is 20.0. The van der Waals surface area contributed by atoms with Crippen LogP contribution in [0.1, 0.15) is 73.4 Å². The van der Waals surface area contributed by atoms with Gasteiger partial charge in [-0.3, -0.25) is 14.4 Å². The predicted molar refractivity (Wildman–Crippen MR) is 126 cm³/mol. The fourth-order valence-corrected chi connectivity index (χ4v) is 3.97. The third-order valence-electron chi connectivity index (χ3n) is 6.13. The van der Waals surface area contributed by atoms with Gasteiger partial charge in [0, 0.05) is 37.4 Å². The minimum atomic E-state index is -0.789. The van der Waals surface area contributed by atoms with E-state index in [4.69, 9.17) is 4.74 Å². The lowest BCUT2D eigenvalue weighted by Gasteiger charge is -2.44. The van der Waals surface area contributed by atoms with Crippen molar-refractivity contribution < 1.29 is 24.5 Å². The van der Waals surface area contributed by atoms with Crippen molar-refractivity contribution in [3.8, 4) is 0 Å². The first kappa shape index (κ1) is 25.6. The minimum absolute atomic E-state index is 0. The number of pyridine rings is 1. The summed E-state index contributed by atoms with van der Waals surface area (Å²) in [7, 11) is 0. The number of ether oxygens (including phenoxy) is 1. The van der Waals surface area contributed by atoms with Crippen LogP contribution in [-0.2, 0) is 17.8 Å². The Labute approximate surface area is 199 Å². The van der Waals surface area contributed by atoms with Crippen LogP contribution in [0, 0.1) is 18.6 Å². The Morgan fingerprint density at radius 3 is 2.59 bits per heavy atom. The number of fused-ring (bicyclic) bond motifs is 2. The normalized spacial score (nSPS) is 19.0. The number of carbonyl (C=O) groups is 2. The molecule has 2 aliphatic heterocycles. The van der Waals surface area contributed by atoms with Gasteiger partial charge in [-0.2, -0.15) is 0 Å².